The van der Waals surface area contributed by atoms with E-state index in [-0.39, 0.29) is 10.8 Å². The zero-order valence-electron chi connectivity index (χ0n) is 9.93. The van der Waals surface area contributed by atoms with Gasteiger partial charge in [0.15, 0.2) is 0 Å². The zero-order chi connectivity index (χ0) is 13.1. The number of nitrogens with two attached hydrogens (primary N) is 1. The Kier molecular flexibility index (Phi) is 3.66. The third-order valence-corrected chi connectivity index (χ3v) is 2.84. The summed E-state index contributed by atoms with van der Waals surface area (Å²) in [6.45, 7) is 2.51. The number of aromatic nitrogens is 3. The summed E-state index contributed by atoms with van der Waals surface area (Å²) >= 11 is 4.92. The highest BCUT2D eigenvalue weighted by atomic mass is 32.1. The van der Waals surface area contributed by atoms with Crippen LogP contribution in [0.15, 0.2) is 24.3 Å². The molecular weight excluding hydrogens is 251 g/mol. The lowest BCUT2D eigenvalue weighted by molar-refractivity contribution is 0.612. The summed E-state index contributed by atoms with van der Waals surface area (Å²) in [5.41, 5.74) is 7.99. The molecule has 0 atom stereocenters. The van der Waals surface area contributed by atoms with Gasteiger partial charge < -0.3 is 5.73 Å². The van der Waals surface area contributed by atoms with E-state index in [9.17, 15) is 4.39 Å². The van der Waals surface area contributed by atoms with Crippen molar-refractivity contribution in [2.45, 2.75) is 19.9 Å². The second-order valence-electron chi connectivity index (χ2n) is 3.89. The minimum absolute atomic E-state index is 0.247. The van der Waals surface area contributed by atoms with Gasteiger partial charge in [0.25, 0.3) is 0 Å². The number of hydrogen-bond acceptors (Lipinski definition) is 3. The summed E-state index contributed by atoms with van der Waals surface area (Å²) < 4.78 is 14.6. The highest BCUT2D eigenvalue weighted by Crippen LogP contribution is 2.10. The molecule has 18 heavy (non-hydrogen) atoms. The smallest absolute Gasteiger partial charge is 0.143 e. The van der Waals surface area contributed by atoms with Crippen LogP contribution in [0.25, 0.3) is 0 Å². The second kappa shape index (κ2) is 5.22. The summed E-state index contributed by atoms with van der Waals surface area (Å²) in [6, 6.07) is 6.28. The molecule has 1 aromatic heterocycles. The predicted molar refractivity (Wildman–Crippen MR) is 70.8 cm³/mol. The average molecular weight is 264 g/mol. The summed E-state index contributed by atoms with van der Waals surface area (Å²) in [5.74, 6) is -0.253. The lowest BCUT2D eigenvalue weighted by Crippen LogP contribution is -2.14. The molecule has 4 nitrogen and oxygen atoms in total. The van der Waals surface area contributed by atoms with Crippen molar-refractivity contribution in [2.75, 3.05) is 0 Å². The number of halogens is 1. The fourth-order valence-corrected chi connectivity index (χ4v) is 1.92. The van der Waals surface area contributed by atoms with Crippen molar-refractivity contribution in [1.29, 1.82) is 0 Å². The van der Waals surface area contributed by atoms with Crippen molar-refractivity contribution < 1.29 is 4.39 Å². The van der Waals surface area contributed by atoms with E-state index in [1.165, 1.54) is 12.1 Å². The van der Waals surface area contributed by atoms with Gasteiger partial charge in [0.2, 0.25) is 0 Å². The zero-order valence-corrected chi connectivity index (χ0v) is 10.7. The van der Waals surface area contributed by atoms with E-state index < -0.39 is 0 Å². The van der Waals surface area contributed by atoms with Crippen molar-refractivity contribution in [3.05, 3.63) is 47.0 Å². The molecule has 0 radical (unpaired) electrons. The average Bonchev–Trinajstić information content (AvgIpc) is 2.75. The van der Waals surface area contributed by atoms with Crippen molar-refractivity contribution in [3.8, 4) is 0 Å². The maximum atomic E-state index is 12.8. The normalized spacial score (nSPS) is 10.6. The van der Waals surface area contributed by atoms with Crippen LogP contribution >= 0.6 is 12.2 Å². The predicted octanol–water partition coefficient (Wildman–Crippen LogP) is 1.66. The Balaban J connectivity index is 2.29. The van der Waals surface area contributed by atoms with Gasteiger partial charge >= 0.3 is 0 Å². The summed E-state index contributed by atoms with van der Waals surface area (Å²) in [5, 5.41) is 8.00. The second-order valence-corrected chi connectivity index (χ2v) is 4.33. The van der Waals surface area contributed by atoms with E-state index in [0.29, 0.717) is 12.2 Å². The van der Waals surface area contributed by atoms with E-state index in [1.54, 1.807) is 16.8 Å². The molecular formula is C12H13FN4S. The number of nitrogens with zero attached hydrogens (tertiary/aromatic N) is 3. The van der Waals surface area contributed by atoms with Crippen LogP contribution in [0.2, 0.25) is 0 Å². The molecule has 0 aliphatic rings. The first-order valence-corrected chi connectivity index (χ1v) is 5.99. The van der Waals surface area contributed by atoms with Crippen LogP contribution in [0.1, 0.15) is 23.9 Å². The first kappa shape index (κ1) is 12.6. The maximum absolute atomic E-state index is 12.8. The van der Waals surface area contributed by atoms with E-state index >= 15 is 0 Å². The van der Waals surface area contributed by atoms with E-state index in [4.69, 9.17) is 18.0 Å². The van der Waals surface area contributed by atoms with Gasteiger partial charge in [-0.1, -0.05) is 36.5 Å². The lowest BCUT2D eigenvalue weighted by atomic mass is 10.2. The minimum Gasteiger partial charge on any atom is -0.388 e. The Morgan fingerprint density at radius 3 is 2.61 bits per heavy atom. The minimum atomic E-state index is -0.253. The quantitative estimate of drug-likeness (QED) is 0.853. The molecule has 0 spiro atoms. The molecule has 2 aromatic rings. The first-order valence-electron chi connectivity index (χ1n) is 5.58. The number of benzene rings is 1. The molecule has 0 bridgehead atoms. The van der Waals surface area contributed by atoms with Crippen LogP contribution < -0.4 is 5.73 Å². The summed E-state index contributed by atoms with van der Waals surface area (Å²) in [4.78, 5) is 0.247. The highest BCUT2D eigenvalue weighted by molar-refractivity contribution is 7.80. The van der Waals surface area contributed by atoms with Crippen LogP contribution in [-0.4, -0.2) is 20.0 Å². The molecule has 0 amide bonds. The summed E-state index contributed by atoms with van der Waals surface area (Å²) in [6.07, 6.45) is 0.737. The fraction of sp³-hybridized carbons (Fsp3) is 0.250. The summed E-state index contributed by atoms with van der Waals surface area (Å²) in [7, 11) is 0. The molecule has 0 aliphatic carbocycles. The SMILES string of the molecule is CCc1c(C(N)=S)nnn1Cc1ccc(F)cc1. The van der Waals surface area contributed by atoms with Crippen LogP contribution in [0.4, 0.5) is 4.39 Å². The third kappa shape index (κ3) is 2.53. The Morgan fingerprint density at radius 2 is 2.06 bits per heavy atom. The Labute approximate surface area is 110 Å². The van der Waals surface area contributed by atoms with Crippen molar-refractivity contribution in [3.63, 3.8) is 0 Å². The van der Waals surface area contributed by atoms with E-state index in [1.807, 2.05) is 6.92 Å². The number of rotatable bonds is 4. The Morgan fingerprint density at radius 1 is 1.39 bits per heavy atom. The van der Waals surface area contributed by atoms with E-state index in [2.05, 4.69) is 10.3 Å². The van der Waals surface area contributed by atoms with E-state index in [0.717, 1.165) is 17.7 Å². The van der Waals surface area contributed by atoms with Crippen LogP contribution in [-0.2, 0) is 13.0 Å². The molecule has 0 unspecified atom stereocenters. The van der Waals surface area contributed by atoms with Gasteiger partial charge in [-0.05, 0) is 24.1 Å². The Bertz CT molecular complexity index is 562. The molecule has 2 N–H and O–H groups in total. The molecule has 1 aromatic carbocycles. The maximum Gasteiger partial charge on any atom is 0.143 e. The molecule has 6 heteroatoms. The highest BCUT2D eigenvalue weighted by Gasteiger charge is 2.13. The van der Waals surface area contributed by atoms with Crippen molar-refractivity contribution in [1.82, 2.24) is 15.0 Å². The number of thiocarbonyl (C=S) groups is 1. The molecule has 0 fully saturated rings. The van der Waals surface area contributed by atoms with Crippen LogP contribution in [0.5, 0.6) is 0 Å². The van der Waals surface area contributed by atoms with Gasteiger partial charge in [0.05, 0.1) is 12.2 Å². The monoisotopic (exact) mass is 264 g/mol. The molecule has 0 aliphatic heterocycles. The van der Waals surface area contributed by atoms with Crippen LogP contribution in [0.3, 0.4) is 0 Å². The van der Waals surface area contributed by atoms with Gasteiger partial charge in [0, 0.05) is 0 Å². The fourth-order valence-electron chi connectivity index (χ4n) is 1.76. The van der Waals surface area contributed by atoms with Gasteiger partial charge in [-0.3, -0.25) is 0 Å². The molecule has 94 valence electrons. The standard InChI is InChI=1S/C12H13FN4S/c1-2-10-11(12(14)18)15-16-17(10)7-8-3-5-9(13)6-4-8/h3-6H,2,7H2,1H3,(H2,14,18). The van der Waals surface area contributed by atoms with Crippen LogP contribution in [0, 0.1) is 5.82 Å². The molecule has 0 saturated carbocycles. The lowest BCUT2D eigenvalue weighted by Gasteiger charge is -2.05. The third-order valence-electron chi connectivity index (χ3n) is 2.65. The van der Waals surface area contributed by atoms with Gasteiger partial charge in [0.1, 0.15) is 16.5 Å². The van der Waals surface area contributed by atoms with Gasteiger partial charge in [-0.15, -0.1) is 5.10 Å². The molecule has 0 saturated heterocycles. The molecule has 1 heterocycles. The first-order chi connectivity index (χ1) is 8.61. The van der Waals surface area contributed by atoms with Gasteiger partial charge in [-0.25, -0.2) is 9.07 Å². The van der Waals surface area contributed by atoms with Crippen molar-refractivity contribution in [2.24, 2.45) is 5.73 Å². The van der Waals surface area contributed by atoms with Crippen molar-refractivity contribution >= 4 is 17.2 Å². The molecule has 2 rings (SSSR count). The van der Waals surface area contributed by atoms with Gasteiger partial charge in [-0.2, -0.15) is 0 Å². The largest absolute Gasteiger partial charge is 0.388 e. The Hall–Kier alpha value is -1.82. The topological polar surface area (TPSA) is 56.7 Å². The number of hydrogen-bond donors (Lipinski definition) is 1.